The van der Waals surface area contributed by atoms with Crippen LogP contribution in [0.4, 0.5) is 0 Å². The summed E-state index contributed by atoms with van der Waals surface area (Å²) in [5.41, 5.74) is 0. The molecule has 0 aromatic rings. The molecule has 0 bridgehead atoms. The van der Waals surface area contributed by atoms with Gasteiger partial charge in [0.2, 0.25) is 10.0 Å². The lowest BCUT2D eigenvalue weighted by atomic mass is 10.2. The number of hydrogen-bond donors (Lipinski definition) is 0. The molecular formula is C12H24N2O2S. The first-order chi connectivity index (χ1) is 7.99. The minimum Gasteiger partial charge on any atom is -0.298 e. The van der Waals surface area contributed by atoms with Crippen LogP contribution in [-0.2, 0) is 10.0 Å². The van der Waals surface area contributed by atoms with Crippen molar-refractivity contribution in [2.24, 2.45) is 5.92 Å². The molecule has 4 nitrogen and oxygen atoms in total. The van der Waals surface area contributed by atoms with Gasteiger partial charge in [-0.2, -0.15) is 4.31 Å². The van der Waals surface area contributed by atoms with Gasteiger partial charge in [-0.1, -0.05) is 13.8 Å². The topological polar surface area (TPSA) is 40.6 Å². The molecule has 0 aromatic heterocycles. The predicted molar refractivity (Wildman–Crippen MR) is 69.4 cm³/mol. The van der Waals surface area contributed by atoms with E-state index in [9.17, 15) is 8.42 Å². The monoisotopic (exact) mass is 260 g/mol. The van der Waals surface area contributed by atoms with Crippen molar-refractivity contribution < 1.29 is 8.42 Å². The summed E-state index contributed by atoms with van der Waals surface area (Å²) in [7, 11) is -3.01. The molecule has 17 heavy (non-hydrogen) atoms. The third-order valence-corrected chi connectivity index (χ3v) is 5.77. The van der Waals surface area contributed by atoms with Gasteiger partial charge in [-0.25, -0.2) is 8.42 Å². The van der Waals surface area contributed by atoms with Gasteiger partial charge in [0.1, 0.15) is 0 Å². The lowest BCUT2D eigenvalue weighted by molar-refractivity contribution is 0.158. The molecule has 2 heterocycles. The van der Waals surface area contributed by atoms with Crippen LogP contribution in [0.2, 0.25) is 0 Å². The van der Waals surface area contributed by atoms with Gasteiger partial charge in [-0.3, -0.25) is 4.90 Å². The fraction of sp³-hybridized carbons (Fsp3) is 1.00. The van der Waals surface area contributed by atoms with E-state index in [0.717, 1.165) is 32.5 Å². The number of fused-ring (bicyclic) bond motifs is 1. The van der Waals surface area contributed by atoms with E-state index in [0.29, 0.717) is 24.3 Å². The van der Waals surface area contributed by atoms with Crippen LogP contribution < -0.4 is 0 Å². The van der Waals surface area contributed by atoms with E-state index in [4.69, 9.17) is 0 Å². The summed E-state index contributed by atoms with van der Waals surface area (Å²) in [5, 5.41) is 0. The summed E-state index contributed by atoms with van der Waals surface area (Å²) in [5.74, 6) is 0.773. The fourth-order valence-corrected chi connectivity index (χ4v) is 4.52. The van der Waals surface area contributed by atoms with E-state index in [1.165, 1.54) is 6.42 Å². The highest BCUT2D eigenvalue weighted by atomic mass is 32.2. The van der Waals surface area contributed by atoms with Gasteiger partial charge in [0.25, 0.3) is 0 Å². The van der Waals surface area contributed by atoms with E-state index < -0.39 is 10.0 Å². The summed E-state index contributed by atoms with van der Waals surface area (Å²) < 4.78 is 26.1. The standard InChI is InChI=1S/C12H24N2O2S/c1-11(2)5-9-17(15,16)14-8-7-13-6-3-4-12(13)10-14/h11-12H,3-10H2,1-2H3. The van der Waals surface area contributed by atoms with Crippen molar-refractivity contribution in [3.8, 4) is 0 Å². The van der Waals surface area contributed by atoms with Crippen molar-refractivity contribution in [3.63, 3.8) is 0 Å². The third kappa shape index (κ3) is 3.20. The summed E-state index contributed by atoms with van der Waals surface area (Å²) in [6.07, 6.45) is 3.16. The average molecular weight is 260 g/mol. The van der Waals surface area contributed by atoms with Gasteiger partial charge < -0.3 is 0 Å². The zero-order valence-electron chi connectivity index (χ0n) is 10.9. The Kier molecular flexibility index (Phi) is 4.10. The van der Waals surface area contributed by atoms with Crippen molar-refractivity contribution in [1.82, 2.24) is 9.21 Å². The Morgan fingerprint density at radius 3 is 2.71 bits per heavy atom. The van der Waals surface area contributed by atoms with Crippen LogP contribution in [0.15, 0.2) is 0 Å². The van der Waals surface area contributed by atoms with Crippen LogP contribution in [0.25, 0.3) is 0 Å². The third-order valence-electron chi connectivity index (χ3n) is 3.90. The van der Waals surface area contributed by atoms with Gasteiger partial charge in [0, 0.05) is 25.7 Å². The predicted octanol–water partition coefficient (Wildman–Crippen LogP) is 1.14. The maximum Gasteiger partial charge on any atom is 0.214 e. The zero-order valence-corrected chi connectivity index (χ0v) is 11.7. The van der Waals surface area contributed by atoms with Gasteiger partial charge in [0.15, 0.2) is 0 Å². The molecule has 2 fully saturated rings. The maximum absolute atomic E-state index is 12.2. The first kappa shape index (κ1) is 13.3. The summed E-state index contributed by atoms with van der Waals surface area (Å²) in [6, 6.07) is 0.484. The van der Waals surface area contributed by atoms with Crippen LogP contribution in [0.1, 0.15) is 33.1 Å². The van der Waals surface area contributed by atoms with Crippen LogP contribution in [-0.4, -0.2) is 55.6 Å². The smallest absolute Gasteiger partial charge is 0.214 e. The molecule has 0 N–H and O–H groups in total. The molecule has 1 atom stereocenters. The second kappa shape index (κ2) is 5.24. The van der Waals surface area contributed by atoms with Crippen molar-refractivity contribution in [3.05, 3.63) is 0 Å². The molecule has 2 rings (SSSR count). The molecule has 0 aromatic carbocycles. The largest absolute Gasteiger partial charge is 0.298 e. The summed E-state index contributed by atoms with van der Waals surface area (Å²) in [6.45, 7) is 7.64. The molecule has 100 valence electrons. The van der Waals surface area contributed by atoms with E-state index >= 15 is 0 Å². The molecule has 0 radical (unpaired) electrons. The van der Waals surface area contributed by atoms with E-state index in [1.807, 2.05) is 0 Å². The minimum absolute atomic E-state index is 0.317. The number of hydrogen-bond acceptors (Lipinski definition) is 3. The Hall–Kier alpha value is -0.130. The van der Waals surface area contributed by atoms with E-state index in [-0.39, 0.29) is 0 Å². The lowest BCUT2D eigenvalue weighted by Gasteiger charge is -2.36. The van der Waals surface area contributed by atoms with Crippen molar-refractivity contribution in [1.29, 1.82) is 0 Å². The SMILES string of the molecule is CC(C)CCS(=O)(=O)N1CCN2CCCC2C1. The molecule has 1 unspecified atom stereocenters. The Morgan fingerprint density at radius 1 is 1.24 bits per heavy atom. The highest BCUT2D eigenvalue weighted by Crippen LogP contribution is 2.23. The molecule has 0 spiro atoms. The Balaban J connectivity index is 1.93. The second-order valence-corrected chi connectivity index (χ2v) is 7.78. The van der Waals surface area contributed by atoms with Crippen LogP contribution in [0, 0.1) is 5.92 Å². The molecule has 2 aliphatic rings. The van der Waals surface area contributed by atoms with Gasteiger partial charge in [0.05, 0.1) is 5.75 Å². The molecule has 2 aliphatic heterocycles. The van der Waals surface area contributed by atoms with E-state index in [1.54, 1.807) is 4.31 Å². The Bertz CT molecular complexity index is 354. The molecule has 0 aliphatic carbocycles. The first-order valence-electron chi connectivity index (χ1n) is 6.71. The number of sulfonamides is 1. The van der Waals surface area contributed by atoms with Crippen molar-refractivity contribution in [2.45, 2.75) is 39.2 Å². The molecule has 2 saturated heterocycles. The molecule has 0 saturated carbocycles. The maximum atomic E-state index is 12.2. The molecule has 5 heteroatoms. The van der Waals surface area contributed by atoms with Crippen molar-refractivity contribution in [2.75, 3.05) is 31.9 Å². The fourth-order valence-electron chi connectivity index (χ4n) is 2.73. The quantitative estimate of drug-likeness (QED) is 0.761. The Morgan fingerprint density at radius 2 is 2.00 bits per heavy atom. The average Bonchev–Trinajstić information content (AvgIpc) is 2.73. The van der Waals surface area contributed by atoms with Gasteiger partial charge >= 0.3 is 0 Å². The van der Waals surface area contributed by atoms with Gasteiger partial charge in [-0.15, -0.1) is 0 Å². The first-order valence-corrected chi connectivity index (χ1v) is 8.32. The lowest BCUT2D eigenvalue weighted by Crippen LogP contribution is -2.52. The number of rotatable bonds is 4. The van der Waals surface area contributed by atoms with Gasteiger partial charge in [-0.05, 0) is 31.7 Å². The molecule has 0 amide bonds. The number of nitrogens with zero attached hydrogens (tertiary/aromatic N) is 2. The van der Waals surface area contributed by atoms with Crippen molar-refractivity contribution >= 4 is 10.0 Å². The highest BCUT2D eigenvalue weighted by Gasteiger charge is 2.35. The van der Waals surface area contributed by atoms with Crippen LogP contribution in [0.3, 0.4) is 0 Å². The van der Waals surface area contributed by atoms with Crippen LogP contribution in [0.5, 0.6) is 0 Å². The summed E-state index contributed by atoms with van der Waals surface area (Å²) in [4.78, 5) is 2.44. The number of piperazine rings is 1. The zero-order chi connectivity index (χ0) is 12.5. The van der Waals surface area contributed by atoms with E-state index in [2.05, 4.69) is 18.7 Å². The minimum atomic E-state index is -3.01. The van der Waals surface area contributed by atoms with Crippen LogP contribution >= 0.6 is 0 Å². The molecular weight excluding hydrogens is 236 g/mol. The summed E-state index contributed by atoms with van der Waals surface area (Å²) >= 11 is 0. The highest BCUT2D eigenvalue weighted by molar-refractivity contribution is 7.89. The Labute approximate surface area is 105 Å². The second-order valence-electron chi connectivity index (χ2n) is 5.69. The normalized spacial score (nSPS) is 27.6.